The van der Waals surface area contributed by atoms with Crippen LogP contribution in [0.4, 0.5) is 19.0 Å². The van der Waals surface area contributed by atoms with Gasteiger partial charge in [0.25, 0.3) is 0 Å². The van der Waals surface area contributed by atoms with E-state index in [1.54, 1.807) is 20.8 Å². The Bertz CT molecular complexity index is 688. The molecule has 0 spiro atoms. The van der Waals surface area contributed by atoms with Crippen molar-refractivity contribution in [2.24, 2.45) is 11.3 Å². The molecular formula is C15H18ClF3N4O2. The highest BCUT2D eigenvalue weighted by atomic mass is 35.5. The third kappa shape index (κ3) is 4.81. The van der Waals surface area contributed by atoms with Gasteiger partial charge in [-0.1, -0.05) is 32.4 Å². The fourth-order valence-electron chi connectivity index (χ4n) is 2.32. The van der Waals surface area contributed by atoms with Crippen LogP contribution in [0.3, 0.4) is 0 Å². The number of halogens is 4. The van der Waals surface area contributed by atoms with Crippen molar-refractivity contribution in [3.05, 3.63) is 16.8 Å². The van der Waals surface area contributed by atoms with Gasteiger partial charge in [0.05, 0.1) is 0 Å². The summed E-state index contributed by atoms with van der Waals surface area (Å²) in [4.78, 5) is 23.8. The zero-order chi connectivity index (χ0) is 19.0. The standard InChI is InChI=1S/C15H18ClF3N4O2/c1-14(2,3)13(25)21-10-6-7(11(16)23-22-10)4-8-5-9(15(17,18)19)20-12(8)24/h6,8-9H,4-5H2,1-3H3,(H,20,24)(H,21,22,25)/t8?,9-/m0/s1. The van der Waals surface area contributed by atoms with E-state index in [9.17, 15) is 22.8 Å². The lowest BCUT2D eigenvalue weighted by Gasteiger charge is -2.17. The summed E-state index contributed by atoms with van der Waals surface area (Å²) in [6, 6.07) is -0.439. The lowest BCUT2D eigenvalue weighted by molar-refractivity contribution is -0.154. The average Bonchev–Trinajstić information content (AvgIpc) is 2.83. The third-order valence-corrected chi connectivity index (χ3v) is 4.13. The average molecular weight is 379 g/mol. The quantitative estimate of drug-likeness (QED) is 0.847. The van der Waals surface area contributed by atoms with Crippen molar-refractivity contribution in [3.8, 4) is 0 Å². The van der Waals surface area contributed by atoms with Crippen LogP contribution in [-0.2, 0) is 16.0 Å². The Kier molecular flexibility index (Phi) is 5.27. The summed E-state index contributed by atoms with van der Waals surface area (Å²) in [5.41, 5.74) is -0.309. The molecular weight excluding hydrogens is 361 g/mol. The number of hydrogen-bond donors (Lipinski definition) is 2. The molecule has 1 saturated heterocycles. The van der Waals surface area contributed by atoms with Crippen LogP contribution in [0, 0.1) is 11.3 Å². The van der Waals surface area contributed by atoms with Gasteiger partial charge in [-0.05, 0) is 24.5 Å². The molecule has 2 atom stereocenters. The molecule has 0 aliphatic carbocycles. The van der Waals surface area contributed by atoms with Gasteiger partial charge in [0, 0.05) is 11.3 Å². The SMILES string of the molecule is CC(C)(C)C(=O)Nc1cc(CC2C[C@@H](C(F)(F)F)NC2=O)c(Cl)nn1. The number of hydrogen-bond acceptors (Lipinski definition) is 4. The van der Waals surface area contributed by atoms with E-state index in [1.165, 1.54) is 6.07 Å². The molecule has 1 aliphatic heterocycles. The molecule has 0 bridgehead atoms. The maximum absolute atomic E-state index is 12.7. The highest BCUT2D eigenvalue weighted by Crippen LogP contribution is 2.32. The van der Waals surface area contributed by atoms with Crippen LogP contribution in [0.5, 0.6) is 0 Å². The smallest absolute Gasteiger partial charge is 0.344 e. The Morgan fingerprint density at radius 2 is 2.00 bits per heavy atom. The Morgan fingerprint density at radius 1 is 1.36 bits per heavy atom. The molecule has 0 aromatic carbocycles. The lowest BCUT2D eigenvalue weighted by Crippen LogP contribution is -2.38. The summed E-state index contributed by atoms with van der Waals surface area (Å²) in [6.07, 6.45) is -4.88. The van der Waals surface area contributed by atoms with Crippen LogP contribution in [0.25, 0.3) is 0 Å². The third-order valence-electron chi connectivity index (χ3n) is 3.81. The molecule has 1 aliphatic rings. The summed E-state index contributed by atoms with van der Waals surface area (Å²) in [7, 11) is 0. The Hall–Kier alpha value is -1.90. The molecule has 6 nitrogen and oxygen atoms in total. The van der Waals surface area contributed by atoms with Gasteiger partial charge >= 0.3 is 6.18 Å². The topological polar surface area (TPSA) is 84.0 Å². The Labute approximate surface area is 147 Å². The molecule has 2 amide bonds. The minimum Gasteiger partial charge on any atom is -0.344 e. The van der Waals surface area contributed by atoms with Crippen molar-refractivity contribution < 1.29 is 22.8 Å². The summed E-state index contributed by atoms with van der Waals surface area (Å²) in [5, 5.41) is 11.9. The Balaban J connectivity index is 2.13. The predicted molar refractivity (Wildman–Crippen MR) is 84.9 cm³/mol. The van der Waals surface area contributed by atoms with Crippen molar-refractivity contribution in [2.75, 3.05) is 5.32 Å². The van der Waals surface area contributed by atoms with E-state index < -0.39 is 29.5 Å². The fourth-order valence-corrected chi connectivity index (χ4v) is 2.49. The number of carbonyl (C=O) groups excluding carboxylic acids is 2. The summed E-state index contributed by atoms with van der Waals surface area (Å²) in [6.45, 7) is 5.15. The zero-order valence-corrected chi connectivity index (χ0v) is 14.6. The van der Waals surface area contributed by atoms with Gasteiger partial charge in [0.2, 0.25) is 11.8 Å². The minimum absolute atomic E-state index is 0.0167. The van der Waals surface area contributed by atoms with E-state index in [0.29, 0.717) is 5.56 Å². The number of nitrogens with zero attached hydrogens (tertiary/aromatic N) is 2. The van der Waals surface area contributed by atoms with E-state index in [4.69, 9.17) is 11.6 Å². The van der Waals surface area contributed by atoms with Gasteiger partial charge in [-0.2, -0.15) is 13.2 Å². The van der Waals surface area contributed by atoms with E-state index in [-0.39, 0.29) is 29.7 Å². The number of alkyl halides is 3. The summed E-state index contributed by atoms with van der Waals surface area (Å²) < 4.78 is 38.2. The number of nitrogens with one attached hydrogen (secondary N) is 2. The second kappa shape index (κ2) is 6.78. The zero-order valence-electron chi connectivity index (χ0n) is 13.9. The number of amides is 2. The number of carbonyl (C=O) groups is 2. The first-order chi connectivity index (χ1) is 11.4. The largest absolute Gasteiger partial charge is 0.408 e. The van der Waals surface area contributed by atoms with E-state index in [1.807, 2.05) is 5.32 Å². The van der Waals surface area contributed by atoms with Crippen molar-refractivity contribution >= 4 is 29.2 Å². The van der Waals surface area contributed by atoms with Crippen LogP contribution in [0.2, 0.25) is 5.15 Å². The highest BCUT2D eigenvalue weighted by molar-refractivity contribution is 6.30. The van der Waals surface area contributed by atoms with Gasteiger partial charge in [-0.3, -0.25) is 9.59 Å². The molecule has 25 heavy (non-hydrogen) atoms. The molecule has 0 saturated carbocycles. The van der Waals surface area contributed by atoms with Crippen LogP contribution in [0.1, 0.15) is 32.8 Å². The van der Waals surface area contributed by atoms with Crippen molar-refractivity contribution in [3.63, 3.8) is 0 Å². The number of anilines is 1. The summed E-state index contributed by atoms with van der Waals surface area (Å²) in [5.74, 6) is -1.73. The maximum atomic E-state index is 12.7. The normalized spacial score (nSPS) is 21.2. The van der Waals surface area contributed by atoms with Crippen LogP contribution < -0.4 is 10.6 Å². The van der Waals surface area contributed by atoms with Gasteiger partial charge in [0.15, 0.2) is 11.0 Å². The number of rotatable bonds is 3. The van der Waals surface area contributed by atoms with Crippen LogP contribution in [-0.4, -0.2) is 34.2 Å². The van der Waals surface area contributed by atoms with Crippen molar-refractivity contribution in [1.29, 1.82) is 0 Å². The van der Waals surface area contributed by atoms with Crippen molar-refractivity contribution in [1.82, 2.24) is 15.5 Å². The molecule has 1 unspecified atom stereocenters. The van der Waals surface area contributed by atoms with Gasteiger partial charge in [-0.25, -0.2) is 0 Å². The second-order valence-corrected chi connectivity index (χ2v) is 7.35. The second-order valence-electron chi connectivity index (χ2n) is 6.99. The van der Waals surface area contributed by atoms with E-state index in [2.05, 4.69) is 15.5 Å². The predicted octanol–water partition coefficient (Wildman–Crippen LogP) is 2.72. The van der Waals surface area contributed by atoms with Crippen molar-refractivity contribution in [2.45, 2.75) is 45.8 Å². The first kappa shape index (κ1) is 19.4. The summed E-state index contributed by atoms with van der Waals surface area (Å²) >= 11 is 5.93. The molecule has 0 radical (unpaired) electrons. The fraction of sp³-hybridized carbons (Fsp3) is 0.600. The number of aromatic nitrogens is 2. The molecule has 10 heteroatoms. The molecule has 2 heterocycles. The van der Waals surface area contributed by atoms with Gasteiger partial charge in [-0.15, -0.1) is 10.2 Å². The monoisotopic (exact) mass is 378 g/mol. The van der Waals surface area contributed by atoms with Crippen LogP contribution in [0.15, 0.2) is 6.07 Å². The van der Waals surface area contributed by atoms with E-state index in [0.717, 1.165) is 0 Å². The lowest BCUT2D eigenvalue weighted by atomic mass is 9.95. The van der Waals surface area contributed by atoms with Gasteiger partial charge in [0.1, 0.15) is 6.04 Å². The molecule has 138 valence electrons. The Morgan fingerprint density at radius 3 is 2.52 bits per heavy atom. The van der Waals surface area contributed by atoms with Gasteiger partial charge < -0.3 is 10.6 Å². The van der Waals surface area contributed by atoms with E-state index >= 15 is 0 Å². The molecule has 1 aromatic heterocycles. The highest BCUT2D eigenvalue weighted by Gasteiger charge is 2.47. The minimum atomic E-state index is -4.49. The molecule has 2 N–H and O–H groups in total. The molecule has 2 rings (SSSR count). The van der Waals surface area contributed by atoms with Crippen LogP contribution >= 0.6 is 11.6 Å². The first-order valence-corrected chi connectivity index (χ1v) is 7.96. The molecule has 1 fully saturated rings. The maximum Gasteiger partial charge on any atom is 0.408 e. The first-order valence-electron chi connectivity index (χ1n) is 7.58. The molecule has 1 aromatic rings.